The molecule has 2 aromatic carbocycles. The average molecular weight is 248 g/mol. The molecule has 0 aliphatic carbocycles. The van der Waals surface area contributed by atoms with Crippen LogP contribution in [-0.2, 0) is 0 Å². The molecule has 0 atom stereocenters. The molecule has 3 heteroatoms. The zero-order valence-electron chi connectivity index (χ0n) is 9.83. The highest BCUT2D eigenvalue weighted by Gasteiger charge is 2.06. The van der Waals surface area contributed by atoms with Crippen molar-refractivity contribution in [3.63, 3.8) is 0 Å². The molecule has 0 unspecified atom stereocenters. The Balaban J connectivity index is 2.35. The number of nitrogen functional groups attached to an aromatic ring is 1. The third-order valence-electron chi connectivity index (χ3n) is 2.59. The van der Waals surface area contributed by atoms with Crippen molar-refractivity contribution in [3.05, 3.63) is 52.5 Å². The fourth-order valence-electron chi connectivity index (χ4n) is 1.61. The fourth-order valence-corrected chi connectivity index (χ4v) is 1.73. The van der Waals surface area contributed by atoms with Gasteiger partial charge in [0.2, 0.25) is 0 Å². The number of hydrogen-bond acceptors (Lipinski definition) is 2. The van der Waals surface area contributed by atoms with Crippen molar-refractivity contribution in [1.29, 1.82) is 0 Å². The van der Waals surface area contributed by atoms with Gasteiger partial charge in [-0.1, -0.05) is 23.7 Å². The molecule has 0 aliphatic heterocycles. The number of halogens is 1. The third kappa shape index (κ3) is 2.53. The Labute approximate surface area is 106 Å². The van der Waals surface area contributed by atoms with E-state index in [2.05, 4.69) is 0 Å². The lowest BCUT2D eigenvalue weighted by molar-refractivity contribution is 0.481. The van der Waals surface area contributed by atoms with Crippen molar-refractivity contribution >= 4 is 17.3 Å². The van der Waals surface area contributed by atoms with Gasteiger partial charge < -0.3 is 10.5 Å². The highest BCUT2D eigenvalue weighted by Crippen LogP contribution is 2.32. The maximum atomic E-state index is 5.97. The van der Waals surface area contributed by atoms with E-state index in [1.807, 2.05) is 50.2 Å². The van der Waals surface area contributed by atoms with E-state index in [0.29, 0.717) is 11.4 Å². The van der Waals surface area contributed by atoms with E-state index >= 15 is 0 Å². The van der Waals surface area contributed by atoms with Gasteiger partial charge in [-0.3, -0.25) is 0 Å². The number of para-hydroxylation sites is 1. The van der Waals surface area contributed by atoms with Crippen LogP contribution in [-0.4, -0.2) is 0 Å². The molecule has 0 heterocycles. The molecule has 2 N–H and O–H groups in total. The second-order valence-electron chi connectivity index (χ2n) is 4.01. The molecular formula is C14H14ClNO. The van der Waals surface area contributed by atoms with Crippen molar-refractivity contribution in [1.82, 2.24) is 0 Å². The fraction of sp³-hybridized carbons (Fsp3) is 0.143. The summed E-state index contributed by atoms with van der Waals surface area (Å²) in [6, 6.07) is 11.3. The molecule has 0 saturated heterocycles. The van der Waals surface area contributed by atoms with Gasteiger partial charge in [0.05, 0.1) is 5.69 Å². The van der Waals surface area contributed by atoms with Gasteiger partial charge in [-0.15, -0.1) is 0 Å². The van der Waals surface area contributed by atoms with Gasteiger partial charge in [0.1, 0.15) is 5.75 Å². The summed E-state index contributed by atoms with van der Waals surface area (Å²) in [6.07, 6.45) is 0. The van der Waals surface area contributed by atoms with E-state index in [-0.39, 0.29) is 0 Å². The number of ether oxygens (including phenoxy) is 1. The van der Waals surface area contributed by atoms with Crippen LogP contribution in [0.4, 0.5) is 5.69 Å². The number of aryl methyl sites for hydroxylation is 2. The van der Waals surface area contributed by atoms with Crippen LogP contribution in [0.2, 0.25) is 5.02 Å². The number of rotatable bonds is 2. The summed E-state index contributed by atoms with van der Waals surface area (Å²) < 4.78 is 5.79. The standard InChI is InChI=1S/C14H14ClNO/c1-9-4-3-5-13(16)14(9)17-11-6-7-12(15)10(2)8-11/h3-8H,16H2,1-2H3. The summed E-state index contributed by atoms with van der Waals surface area (Å²) in [5.41, 5.74) is 8.52. The monoisotopic (exact) mass is 247 g/mol. The molecule has 88 valence electrons. The SMILES string of the molecule is Cc1cc(Oc2c(C)cccc2N)ccc1Cl. The summed E-state index contributed by atoms with van der Waals surface area (Å²) in [6.45, 7) is 3.91. The molecular weight excluding hydrogens is 234 g/mol. The normalized spacial score (nSPS) is 10.3. The van der Waals surface area contributed by atoms with Crippen molar-refractivity contribution in [2.45, 2.75) is 13.8 Å². The summed E-state index contributed by atoms with van der Waals surface area (Å²) >= 11 is 5.97. The molecule has 2 aromatic rings. The van der Waals surface area contributed by atoms with Gasteiger partial charge in [-0.2, -0.15) is 0 Å². The number of anilines is 1. The lowest BCUT2D eigenvalue weighted by atomic mass is 10.2. The highest BCUT2D eigenvalue weighted by molar-refractivity contribution is 6.31. The second-order valence-corrected chi connectivity index (χ2v) is 4.41. The molecule has 2 nitrogen and oxygen atoms in total. The molecule has 0 fully saturated rings. The van der Waals surface area contributed by atoms with E-state index in [1.54, 1.807) is 0 Å². The third-order valence-corrected chi connectivity index (χ3v) is 3.02. The minimum atomic E-state index is 0.637. The van der Waals surface area contributed by atoms with Crippen LogP contribution >= 0.6 is 11.6 Å². The molecule has 0 radical (unpaired) electrons. The zero-order chi connectivity index (χ0) is 12.4. The minimum absolute atomic E-state index is 0.637. The van der Waals surface area contributed by atoms with Crippen molar-refractivity contribution < 1.29 is 4.74 Å². The van der Waals surface area contributed by atoms with Crippen LogP contribution < -0.4 is 10.5 Å². The first-order valence-electron chi connectivity index (χ1n) is 5.37. The van der Waals surface area contributed by atoms with E-state index < -0.39 is 0 Å². The van der Waals surface area contributed by atoms with E-state index in [4.69, 9.17) is 22.1 Å². The second kappa shape index (κ2) is 4.68. The molecule has 0 aliphatic rings. The quantitative estimate of drug-likeness (QED) is 0.802. The maximum absolute atomic E-state index is 5.97. The van der Waals surface area contributed by atoms with Gasteiger partial charge in [-0.05, 0) is 49.2 Å². The lowest BCUT2D eigenvalue weighted by Gasteiger charge is -2.11. The predicted octanol–water partition coefficient (Wildman–Crippen LogP) is 4.33. The molecule has 0 aromatic heterocycles. The first-order chi connectivity index (χ1) is 8.08. The maximum Gasteiger partial charge on any atom is 0.153 e. The topological polar surface area (TPSA) is 35.2 Å². The van der Waals surface area contributed by atoms with E-state index in [1.165, 1.54) is 0 Å². The molecule has 2 rings (SSSR count). The Morgan fingerprint density at radius 1 is 1.06 bits per heavy atom. The van der Waals surface area contributed by atoms with Crippen LogP contribution in [0, 0.1) is 13.8 Å². The number of hydrogen-bond donors (Lipinski definition) is 1. The highest BCUT2D eigenvalue weighted by atomic mass is 35.5. The van der Waals surface area contributed by atoms with Gasteiger partial charge in [0.15, 0.2) is 5.75 Å². The Morgan fingerprint density at radius 3 is 2.47 bits per heavy atom. The van der Waals surface area contributed by atoms with Crippen LogP contribution in [0.15, 0.2) is 36.4 Å². The molecule has 0 saturated carbocycles. The van der Waals surface area contributed by atoms with Crippen molar-refractivity contribution in [2.75, 3.05) is 5.73 Å². The Morgan fingerprint density at radius 2 is 1.82 bits per heavy atom. The summed E-state index contributed by atoms with van der Waals surface area (Å²) in [5, 5.41) is 0.732. The van der Waals surface area contributed by atoms with Crippen LogP contribution in [0.5, 0.6) is 11.5 Å². The van der Waals surface area contributed by atoms with Gasteiger partial charge in [0, 0.05) is 5.02 Å². The molecule has 0 amide bonds. The summed E-state index contributed by atoms with van der Waals surface area (Å²) in [7, 11) is 0. The van der Waals surface area contributed by atoms with Gasteiger partial charge >= 0.3 is 0 Å². The van der Waals surface area contributed by atoms with Crippen molar-refractivity contribution in [3.8, 4) is 11.5 Å². The Bertz CT molecular complexity index is 532. The minimum Gasteiger partial charge on any atom is -0.455 e. The average Bonchev–Trinajstić information content (AvgIpc) is 2.28. The lowest BCUT2D eigenvalue weighted by Crippen LogP contribution is -1.94. The molecule has 17 heavy (non-hydrogen) atoms. The summed E-state index contributed by atoms with van der Waals surface area (Å²) in [5.74, 6) is 1.45. The number of nitrogens with two attached hydrogens (primary N) is 1. The predicted molar refractivity (Wildman–Crippen MR) is 71.9 cm³/mol. The molecule has 0 bridgehead atoms. The summed E-state index contributed by atoms with van der Waals surface area (Å²) in [4.78, 5) is 0. The van der Waals surface area contributed by atoms with Crippen LogP contribution in [0.25, 0.3) is 0 Å². The van der Waals surface area contributed by atoms with Crippen molar-refractivity contribution in [2.24, 2.45) is 0 Å². The molecule has 0 spiro atoms. The van der Waals surface area contributed by atoms with E-state index in [0.717, 1.165) is 21.9 Å². The van der Waals surface area contributed by atoms with Crippen LogP contribution in [0.1, 0.15) is 11.1 Å². The first kappa shape index (κ1) is 11.8. The van der Waals surface area contributed by atoms with Gasteiger partial charge in [-0.25, -0.2) is 0 Å². The zero-order valence-corrected chi connectivity index (χ0v) is 10.6. The first-order valence-corrected chi connectivity index (χ1v) is 5.75. The smallest absolute Gasteiger partial charge is 0.153 e. The van der Waals surface area contributed by atoms with Gasteiger partial charge in [0.25, 0.3) is 0 Å². The largest absolute Gasteiger partial charge is 0.455 e. The van der Waals surface area contributed by atoms with Crippen LogP contribution in [0.3, 0.4) is 0 Å². The Kier molecular flexibility index (Phi) is 3.25. The number of benzene rings is 2. The Hall–Kier alpha value is -1.67. The van der Waals surface area contributed by atoms with E-state index in [9.17, 15) is 0 Å².